The van der Waals surface area contributed by atoms with Crippen LogP contribution in [0.5, 0.6) is 0 Å². The monoisotopic (exact) mass is 495 g/mol. The second kappa shape index (κ2) is 10.9. The summed E-state index contributed by atoms with van der Waals surface area (Å²) in [5.74, 6) is 0. The molecule has 2 atom stereocenters. The van der Waals surface area contributed by atoms with Crippen LogP contribution in [0.1, 0.15) is 25.5 Å². The van der Waals surface area contributed by atoms with Crippen LogP contribution in [0.4, 0.5) is 0 Å². The van der Waals surface area contributed by atoms with Crippen LogP contribution in [0.2, 0.25) is 0 Å². The topological polar surface area (TPSA) is 82.4 Å². The molecule has 0 fully saturated rings. The molecule has 182 valence electrons. The fourth-order valence-electron chi connectivity index (χ4n) is 4.36. The van der Waals surface area contributed by atoms with E-state index in [-0.39, 0.29) is 5.25 Å². The Morgan fingerprint density at radius 1 is 0.917 bits per heavy atom. The Morgan fingerprint density at radius 3 is 2.25 bits per heavy atom. The molecule has 5 rings (SSSR count). The average Bonchev–Trinajstić information content (AvgIpc) is 3.54. The maximum atomic E-state index is 13.9. The fourth-order valence-corrected chi connectivity index (χ4v) is 5.79. The zero-order valence-electron chi connectivity index (χ0n) is 20.5. The van der Waals surface area contributed by atoms with Gasteiger partial charge in [-0.3, -0.25) is 14.6 Å². The first kappa shape index (κ1) is 24.0. The molecule has 2 aromatic carbocycles. The average molecular weight is 496 g/mol. The molecule has 0 radical (unpaired) electrons. The molecule has 36 heavy (non-hydrogen) atoms. The molecule has 0 aliphatic carbocycles. The molecule has 3 heterocycles. The van der Waals surface area contributed by atoms with E-state index in [1.165, 1.54) is 0 Å². The quantitative estimate of drug-likeness (QED) is 0.244. The summed E-state index contributed by atoms with van der Waals surface area (Å²) >= 11 is -1.34. The van der Waals surface area contributed by atoms with Crippen molar-refractivity contribution in [2.45, 2.75) is 43.6 Å². The number of imidazole rings is 1. The maximum absolute atomic E-state index is 13.9. The molecule has 2 unspecified atom stereocenters. The third-order valence-electron chi connectivity index (χ3n) is 6.23. The van der Waals surface area contributed by atoms with Gasteiger partial charge in [0.25, 0.3) is 0 Å². The van der Waals surface area contributed by atoms with Crippen LogP contribution in [0.3, 0.4) is 0 Å². The molecule has 0 bridgehead atoms. The summed E-state index contributed by atoms with van der Waals surface area (Å²) in [6.45, 7) is 4.71. The van der Waals surface area contributed by atoms with Crippen LogP contribution < -0.4 is 0 Å². The normalized spacial score (nSPS) is 13.0. The summed E-state index contributed by atoms with van der Waals surface area (Å²) < 4.78 is 15.9. The Morgan fingerprint density at radius 2 is 1.58 bits per heavy atom. The molecular weight excluding hydrogens is 466 g/mol. The number of pyridine rings is 1. The van der Waals surface area contributed by atoms with Gasteiger partial charge in [-0.15, -0.1) is 0 Å². The van der Waals surface area contributed by atoms with Gasteiger partial charge in [-0.2, -0.15) is 10.1 Å². The van der Waals surface area contributed by atoms with Gasteiger partial charge in [0.1, 0.15) is 10.9 Å². The highest BCUT2D eigenvalue weighted by Crippen LogP contribution is 2.32. The second-order valence-electron chi connectivity index (χ2n) is 8.79. The Bertz CT molecular complexity index is 1340. The predicted octanol–water partition coefficient (Wildman–Crippen LogP) is 6.29. The highest BCUT2D eigenvalue weighted by molar-refractivity contribution is 7.91. The van der Waals surface area contributed by atoms with E-state index in [4.69, 9.17) is 10.1 Å². The summed E-state index contributed by atoms with van der Waals surface area (Å²) in [5, 5.41) is 5.20. The molecule has 0 saturated heterocycles. The van der Waals surface area contributed by atoms with Gasteiger partial charge in [0.2, 0.25) is 0 Å². The number of aryl methyl sites for hydroxylation is 1. The lowest BCUT2D eigenvalue weighted by atomic mass is 10.1. The van der Waals surface area contributed by atoms with Crippen molar-refractivity contribution < 1.29 is 4.55 Å². The van der Waals surface area contributed by atoms with Gasteiger partial charge in [-0.1, -0.05) is 74.0 Å². The van der Waals surface area contributed by atoms with Gasteiger partial charge in [-0.25, -0.2) is 0 Å². The third-order valence-corrected chi connectivity index (χ3v) is 7.79. The lowest BCUT2D eigenvalue weighted by molar-refractivity contribution is 0.507. The molecule has 6 nitrogen and oxygen atoms in total. The SMILES string of the molecule is CCCC(Cn1nc(-c2ccncc2)cc1C)[S+]([O-])c1nc(-c2ccccc2)c(-c2ccccc2)[nH]1. The summed E-state index contributed by atoms with van der Waals surface area (Å²) in [7, 11) is 0. The molecular formula is C29H29N5OS. The van der Waals surface area contributed by atoms with Gasteiger partial charge < -0.3 is 4.55 Å². The van der Waals surface area contributed by atoms with Gasteiger partial charge in [0.05, 0.1) is 17.9 Å². The highest BCUT2D eigenvalue weighted by atomic mass is 32.2. The number of H-pyrrole nitrogens is 1. The van der Waals surface area contributed by atoms with E-state index in [1.807, 2.05) is 84.4 Å². The van der Waals surface area contributed by atoms with E-state index >= 15 is 0 Å². The molecule has 0 spiro atoms. The van der Waals surface area contributed by atoms with E-state index < -0.39 is 11.2 Å². The minimum Gasteiger partial charge on any atom is -0.609 e. The lowest BCUT2D eigenvalue weighted by Crippen LogP contribution is -2.28. The largest absolute Gasteiger partial charge is 0.609 e. The molecule has 0 aliphatic rings. The van der Waals surface area contributed by atoms with E-state index in [1.54, 1.807) is 12.4 Å². The minimum atomic E-state index is -1.34. The number of hydrogen-bond donors (Lipinski definition) is 1. The molecule has 3 aromatic heterocycles. The van der Waals surface area contributed by atoms with Gasteiger partial charge in [0.15, 0.2) is 0 Å². The fraction of sp³-hybridized carbons (Fsp3) is 0.207. The van der Waals surface area contributed by atoms with Crippen molar-refractivity contribution in [3.05, 3.63) is 97.0 Å². The molecule has 0 amide bonds. The van der Waals surface area contributed by atoms with Crippen LogP contribution in [-0.4, -0.2) is 34.5 Å². The predicted molar refractivity (Wildman–Crippen MR) is 145 cm³/mol. The molecule has 0 aliphatic heterocycles. The van der Waals surface area contributed by atoms with Crippen molar-refractivity contribution in [3.63, 3.8) is 0 Å². The van der Waals surface area contributed by atoms with E-state index in [2.05, 4.69) is 23.0 Å². The number of aromatic amines is 1. The molecule has 7 heteroatoms. The molecule has 5 aromatic rings. The summed E-state index contributed by atoms with van der Waals surface area (Å²) in [4.78, 5) is 12.4. The van der Waals surface area contributed by atoms with Crippen LogP contribution in [0, 0.1) is 6.92 Å². The highest BCUT2D eigenvalue weighted by Gasteiger charge is 2.30. The minimum absolute atomic E-state index is 0.128. The Balaban J connectivity index is 1.47. The van der Waals surface area contributed by atoms with Crippen LogP contribution >= 0.6 is 0 Å². The van der Waals surface area contributed by atoms with Gasteiger partial charge >= 0.3 is 5.16 Å². The van der Waals surface area contributed by atoms with E-state index in [9.17, 15) is 4.55 Å². The maximum Gasteiger partial charge on any atom is 0.321 e. The summed E-state index contributed by atoms with van der Waals surface area (Å²) in [5.41, 5.74) is 6.66. The van der Waals surface area contributed by atoms with Crippen molar-refractivity contribution in [3.8, 4) is 33.8 Å². The first-order valence-corrected chi connectivity index (χ1v) is 13.4. The van der Waals surface area contributed by atoms with Crippen molar-refractivity contribution in [2.75, 3.05) is 0 Å². The summed E-state index contributed by atoms with van der Waals surface area (Å²) in [6.07, 6.45) is 5.26. The number of hydrogen-bond acceptors (Lipinski definition) is 4. The Labute approximate surface area is 214 Å². The third kappa shape index (κ3) is 5.12. The number of rotatable bonds is 9. The number of nitrogens with one attached hydrogen (secondary N) is 1. The zero-order valence-corrected chi connectivity index (χ0v) is 21.3. The van der Waals surface area contributed by atoms with Crippen molar-refractivity contribution in [1.29, 1.82) is 0 Å². The molecule has 1 N–H and O–H groups in total. The number of aromatic nitrogens is 5. The van der Waals surface area contributed by atoms with E-state index in [0.29, 0.717) is 11.7 Å². The first-order chi connectivity index (χ1) is 17.6. The first-order valence-electron chi connectivity index (χ1n) is 12.2. The van der Waals surface area contributed by atoms with Crippen LogP contribution in [0.15, 0.2) is 96.4 Å². The lowest BCUT2D eigenvalue weighted by Gasteiger charge is -2.19. The number of nitrogens with zero attached hydrogens (tertiary/aromatic N) is 4. The van der Waals surface area contributed by atoms with Crippen molar-refractivity contribution >= 4 is 11.2 Å². The number of benzene rings is 2. The standard InChI is InChI=1S/C29H29N5OS/c1-3-10-25(20-34-21(2)19-26(33-34)22-15-17-30-18-16-22)36(35)29-31-27(23-11-6-4-7-12-23)28(32-29)24-13-8-5-9-14-24/h4-9,11-19,25H,3,10,20H2,1-2H3,(H,31,32). The smallest absolute Gasteiger partial charge is 0.321 e. The van der Waals surface area contributed by atoms with Crippen molar-refractivity contribution in [2.24, 2.45) is 0 Å². The summed E-state index contributed by atoms with van der Waals surface area (Å²) in [6, 6.07) is 26.1. The van der Waals surface area contributed by atoms with Crippen molar-refractivity contribution in [1.82, 2.24) is 24.7 Å². The Kier molecular flexibility index (Phi) is 7.30. The van der Waals surface area contributed by atoms with Gasteiger partial charge in [-0.05, 0) is 31.5 Å². The van der Waals surface area contributed by atoms with Gasteiger partial charge in [0, 0.05) is 46.0 Å². The van der Waals surface area contributed by atoms with Crippen LogP contribution in [-0.2, 0) is 17.7 Å². The Hall–Kier alpha value is -3.68. The van der Waals surface area contributed by atoms with E-state index in [0.717, 1.165) is 52.3 Å². The zero-order chi connectivity index (χ0) is 24.9. The second-order valence-corrected chi connectivity index (χ2v) is 10.4. The van der Waals surface area contributed by atoms with Crippen LogP contribution in [0.25, 0.3) is 33.8 Å². The molecule has 0 saturated carbocycles.